The number of carbonyl (C=O) groups excluding carboxylic acids is 1. The highest BCUT2D eigenvalue weighted by molar-refractivity contribution is 7.86. The van der Waals surface area contributed by atoms with Gasteiger partial charge in [-0.2, -0.15) is 8.42 Å². The quantitative estimate of drug-likeness (QED) is 0.560. The first-order chi connectivity index (χ1) is 15.5. The van der Waals surface area contributed by atoms with Crippen LogP contribution in [0.25, 0.3) is 0 Å². The van der Waals surface area contributed by atoms with E-state index in [1.807, 2.05) is 4.90 Å². The van der Waals surface area contributed by atoms with Crippen molar-refractivity contribution in [1.29, 1.82) is 0 Å². The van der Waals surface area contributed by atoms with E-state index in [-0.39, 0.29) is 17.5 Å². The lowest BCUT2D eigenvalue weighted by molar-refractivity contribution is -0.128. The van der Waals surface area contributed by atoms with Crippen LogP contribution in [0.3, 0.4) is 0 Å². The molecule has 0 aromatic heterocycles. The Labute approximate surface area is 188 Å². The van der Waals surface area contributed by atoms with E-state index in [0.29, 0.717) is 37.2 Å². The molecule has 3 N–H and O–H groups in total. The van der Waals surface area contributed by atoms with E-state index >= 15 is 0 Å². The summed E-state index contributed by atoms with van der Waals surface area (Å²) in [6.45, 7) is 2.45. The molecule has 1 saturated heterocycles. The van der Waals surface area contributed by atoms with Crippen LogP contribution in [0.4, 0.5) is 24.4 Å². The van der Waals surface area contributed by atoms with Gasteiger partial charge in [0.15, 0.2) is 0 Å². The molecule has 0 radical (unpaired) electrons. The second-order valence-corrected chi connectivity index (χ2v) is 9.42. The maximum absolute atomic E-state index is 14.3. The standard InChI is InChI=1S/C21H21F2N3O6S/c1-21(16-9-12(22)10-17(24-20(28)29)18(16)25-19(21)27)26-8-2-3-14(11-26)32-13-4-6-15(7-5-13)33(23,30)31/h4-7,9-10,14,24H,2-3,8,11H2,1H3,(H,25,27)(H,28,29)/t14-,21+/m1/s1. The van der Waals surface area contributed by atoms with Crippen molar-refractivity contribution in [2.75, 3.05) is 23.7 Å². The maximum atomic E-state index is 14.3. The Balaban J connectivity index is 1.58. The zero-order valence-corrected chi connectivity index (χ0v) is 18.3. The predicted octanol–water partition coefficient (Wildman–Crippen LogP) is 3.28. The van der Waals surface area contributed by atoms with Crippen LogP contribution >= 0.6 is 0 Å². The zero-order valence-electron chi connectivity index (χ0n) is 17.5. The van der Waals surface area contributed by atoms with Gasteiger partial charge in [0.25, 0.3) is 0 Å². The third-order valence-electron chi connectivity index (χ3n) is 5.97. The van der Waals surface area contributed by atoms with Crippen LogP contribution in [0.2, 0.25) is 0 Å². The fourth-order valence-electron chi connectivity index (χ4n) is 4.32. The van der Waals surface area contributed by atoms with Gasteiger partial charge in [-0.1, -0.05) is 0 Å². The molecule has 9 nitrogen and oxygen atoms in total. The Morgan fingerprint density at radius 3 is 2.64 bits per heavy atom. The second-order valence-electron chi connectivity index (χ2n) is 8.07. The number of halogens is 2. The largest absolute Gasteiger partial charge is 0.489 e. The van der Waals surface area contributed by atoms with Gasteiger partial charge in [-0.25, -0.2) is 9.18 Å². The number of benzene rings is 2. The van der Waals surface area contributed by atoms with E-state index < -0.39 is 38.5 Å². The van der Waals surface area contributed by atoms with Gasteiger partial charge in [0.2, 0.25) is 5.91 Å². The van der Waals surface area contributed by atoms with Gasteiger partial charge in [0, 0.05) is 12.1 Å². The van der Waals surface area contributed by atoms with Gasteiger partial charge < -0.3 is 15.2 Å². The first-order valence-electron chi connectivity index (χ1n) is 10.1. The highest BCUT2D eigenvalue weighted by Gasteiger charge is 2.50. The summed E-state index contributed by atoms with van der Waals surface area (Å²) in [4.78, 5) is 25.5. The first-order valence-corrected chi connectivity index (χ1v) is 11.5. The Kier molecular flexibility index (Phi) is 5.74. The van der Waals surface area contributed by atoms with Crippen molar-refractivity contribution in [3.05, 3.63) is 47.8 Å². The summed E-state index contributed by atoms with van der Waals surface area (Å²) < 4.78 is 55.3. The van der Waals surface area contributed by atoms with Crippen LogP contribution in [0, 0.1) is 5.82 Å². The molecular formula is C21H21F2N3O6S. The molecule has 12 heteroatoms. The minimum Gasteiger partial charge on any atom is -0.489 e. The summed E-state index contributed by atoms with van der Waals surface area (Å²) in [5.74, 6) is -0.766. The van der Waals surface area contributed by atoms with E-state index in [9.17, 15) is 26.3 Å². The smallest absolute Gasteiger partial charge is 0.409 e. The third kappa shape index (κ3) is 4.35. The van der Waals surface area contributed by atoms with Crippen LogP contribution in [0.1, 0.15) is 25.3 Å². The Hall–Kier alpha value is -3.25. The number of carbonyl (C=O) groups is 2. The maximum Gasteiger partial charge on any atom is 0.409 e. The number of rotatable bonds is 5. The third-order valence-corrected chi connectivity index (χ3v) is 6.80. The highest BCUT2D eigenvalue weighted by Crippen LogP contribution is 2.45. The number of nitrogens with one attached hydrogen (secondary N) is 2. The molecule has 2 aromatic rings. The summed E-state index contributed by atoms with van der Waals surface area (Å²) in [7, 11) is -4.81. The molecule has 0 aliphatic carbocycles. The van der Waals surface area contributed by atoms with E-state index in [4.69, 9.17) is 9.84 Å². The Bertz CT molecular complexity index is 1220. The van der Waals surface area contributed by atoms with Crippen molar-refractivity contribution in [2.45, 2.75) is 36.3 Å². The number of carboxylic acid groups (broad SMARTS) is 1. The van der Waals surface area contributed by atoms with Crippen molar-refractivity contribution in [3.63, 3.8) is 0 Å². The van der Waals surface area contributed by atoms with Crippen LogP contribution in [-0.2, 0) is 20.6 Å². The SMILES string of the molecule is C[C@@]1(N2CCC[C@@H](Oc3ccc(S(=O)(=O)F)cc3)C2)C(=O)Nc2c(NC(=O)O)cc(F)cc21. The van der Waals surface area contributed by atoms with Crippen LogP contribution in [0.15, 0.2) is 41.3 Å². The molecular weight excluding hydrogens is 460 g/mol. The van der Waals surface area contributed by atoms with E-state index in [1.165, 1.54) is 18.2 Å². The molecule has 0 bridgehead atoms. The molecule has 176 valence electrons. The molecule has 2 atom stereocenters. The molecule has 2 aliphatic rings. The van der Waals surface area contributed by atoms with Gasteiger partial charge in [-0.15, -0.1) is 3.89 Å². The summed E-state index contributed by atoms with van der Waals surface area (Å²) in [5, 5.41) is 13.8. The lowest BCUT2D eigenvalue weighted by Gasteiger charge is -2.42. The summed E-state index contributed by atoms with van der Waals surface area (Å²) in [5.41, 5.74) is -0.797. The molecule has 2 aromatic carbocycles. The second kappa shape index (κ2) is 8.27. The average Bonchev–Trinajstić information content (AvgIpc) is 2.99. The number of hydrogen-bond donors (Lipinski definition) is 3. The van der Waals surface area contributed by atoms with Gasteiger partial charge >= 0.3 is 16.3 Å². The molecule has 0 unspecified atom stereocenters. The van der Waals surface area contributed by atoms with Crippen LogP contribution < -0.4 is 15.4 Å². The van der Waals surface area contributed by atoms with Crippen molar-refractivity contribution >= 4 is 33.6 Å². The molecule has 0 spiro atoms. The summed E-state index contributed by atoms with van der Waals surface area (Å²) in [6, 6.07) is 7.12. The normalized spacial score (nSPS) is 23.0. The fraction of sp³-hybridized carbons (Fsp3) is 0.333. The average molecular weight is 481 g/mol. The van der Waals surface area contributed by atoms with Gasteiger partial charge in [0.1, 0.15) is 23.2 Å². The first kappa shape index (κ1) is 22.9. The van der Waals surface area contributed by atoms with Gasteiger partial charge in [0.05, 0.1) is 16.3 Å². The van der Waals surface area contributed by atoms with Crippen molar-refractivity contribution < 1.29 is 36.1 Å². The number of hydrogen-bond acceptors (Lipinski definition) is 6. The summed E-state index contributed by atoms with van der Waals surface area (Å²) >= 11 is 0. The van der Waals surface area contributed by atoms with Crippen LogP contribution in [0.5, 0.6) is 5.75 Å². The number of anilines is 2. The number of fused-ring (bicyclic) bond motifs is 1. The topological polar surface area (TPSA) is 125 Å². The lowest BCUT2D eigenvalue weighted by atomic mass is 9.88. The van der Waals surface area contributed by atoms with E-state index in [0.717, 1.165) is 18.2 Å². The Morgan fingerprint density at radius 1 is 1.30 bits per heavy atom. The van der Waals surface area contributed by atoms with Gasteiger partial charge in [-0.3, -0.25) is 15.0 Å². The fourth-order valence-corrected chi connectivity index (χ4v) is 4.79. The van der Waals surface area contributed by atoms with Crippen LogP contribution in [-0.4, -0.2) is 49.6 Å². The molecule has 0 saturated carbocycles. The van der Waals surface area contributed by atoms with Crippen molar-refractivity contribution in [3.8, 4) is 5.75 Å². The molecule has 1 fully saturated rings. The molecule has 33 heavy (non-hydrogen) atoms. The lowest BCUT2D eigenvalue weighted by Crippen LogP contribution is -2.54. The Morgan fingerprint density at radius 2 is 2.00 bits per heavy atom. The zero-order chi connectivity index (χ0) is 24.0. The molecule has 2 heterocycles. The predicted molar refractivity (Wildman–Crippen MR) is 114 cm³/mol. The molecule has 2 amide bonds. The minimum absolute atomic E-state index is 0.0534. The minimum atomic E-state index is -4.81. The van der Waals surface area contributed by atoms with E-state index in [2.05, 4.69) is 10.6 Å². The number of amides is 2. The monoisotopic (exact) mass is 481 g/mol. The van der Waals surface area contributed by atoms with Gasteiger partial charge in [-0.05, 0) is 62.7 Å². The highest BCUT2D eigenvalue weighted by atomic mass is 32.3. The van der Waals surface area contributed by atoms with Crippen molar-refractivity contribution in [2.24, 2.45) is 0 Å². The molecule has 4 rings (SSSR count). The summed E-state index contributed by atoms with van der Waals surface area (Å²) in [6.07, 6.45) is -0.441. The van der Waals surface area contributed by atoms with Crippen molar-refractivity contribution in [1.82, 2.24) is 4.90 Å². The number of piperidine rings is 1. The molecule has 2 aliphatic heterocycles. The number of likely N-dealkylation sites (tertiary alicyclic amines) is 1. The number of nitrogens with zero attached hydrogens (tertiary/aromatic N) is 1. The van der Waals surface area contributed by atoms with E-state index in [1.54, 1.807) is 6.92 Å². The number of ether oxygens (including phenoxy) is 1.